The Morgan fingerprint density at radius 1 is 0.446 bits per heavy atom. The van der Waals surface area contributed by atoms with E-state index in [1.165, 1.54) is 185 Å². The lowest BCUT2D eigenvalue weighted by Gasteiger charge is -2.16. The number of benzene rings is 1. The Morgan fingerprint density at radius 2 is 0.768 bits per heavy atom. The van der Waals surface area contributed by atoms with Gasteiger partial charge in [-0.1, -0.05) is 182 Å². The highest BCUT2D eigenvalue weighted by molar-refractivity contribution is 7.22. The van der Waals surface area contributed by atoms with Gasteiger partial charge in [0.15, 0.2) is 0 Å². The van der Waals surface area contributed by atoms with E-state index >= 15 is 8.78 Å². The molecule has 2 atom stereocenters. The van der Waals surface area contributed by atoms with Crippen molar-refractivity contribution in [3.8, 4) is 20.9 Å². The first-order valence-corrected chi connectivity index (χ1v) is 26.4. The summed E-state index contributed by atoms with van der Waals surface area (Å²) in [5.41, 5.74) is 2.34. The standard InChI is InChI=1S/C50H72F2S4/c1-5-9-13-17-19-23-27-37(25-21-15-11-7-3)33-43-41(51)35-45(55-43)47-39-29-31-54-50(39)48(40-30-32-53-49(40)47)46-36-42(52)44(56-46)34-38(26-22-16-12-8-4)28-24-20-18-14-10-6-2/h29-32,35-38H,5-28,33-34H2,1-4H3. The van der Waals surface area contributed by atoms with Crippen LogP contribution in [0.15, 0.2) is 35.0 Å². The van der Waals surface area contributed by atoms with Gasteiger partial charge in [0.1, 0.15) is 11.6 Å². The molecule has 0 saturated carbocycles. The molecule has 1 aromatic carbocycles. The van der Waals surface area contributed by atoms with Gasteiger partial charge in [-0.2, -0.15) is 0 Å². The van der Waals surface area contributed by atoms with Gasteiger partial charge in [-0.05, 0) is 59.7 Å². The maximum Gasteiger partial charge on any atom is 0.137 e. The third-order valence-electron chi connectivity index (χ3n) is 12.1. The smallest absolute Gasteiger partial charge is 0.137 e. The van der Waals surface area contributed by atoms with Gasteiger partial charge in [-0.15, -0.1) is 45.3 Å². The van der Waals surface area contributed by atoms with E-state index in [1.807, 2.05) is 12.1 Å². The number of rotatable bonds is 30. The molecule has 6 heteroatoms. The Balaban J connectivity index is 1.37. The minimum atomic E-state index is -0.0288. The highest BCUT2D eigenvalue weighted by Gasteiger charge is 2.25. The summed E-state index contributed by atoms with van der Waals surface area (Å²) in [4.78, 5) is 3.95. The highest BCUT2D eigenvalue weighted by atomic mass is 32.1. The maximum atomic E-state index is 16.0. The molecule has 0 aliphatic carbocycles. The molecule has 0 bridgehead atoms. The molecule has 0 saturated heterocycles. The van der Waals surface area contributed by atoms with E-state index in [0.29, 0.717) is 11.8 Å². The van der Waals surface area contributed by atoms with E-state index < -0.39 is 0 Å². The monoisotopic (exact) mass is 838 g/mol. The zero-order valence-electron chi connectivity index (χ0n) is 35.4. The average Bonchev–Trinajstić information content (AvgIpc) is 4.01. The second kappa shape index (κ2) is 25.1. The van der Waals surface area contributed by atoms with Crippen LogP contribution in [-0.4, -0.2) is 0 Å². The molecule has 0 fully saturated rings. The molecule has 310 valence electrons. The van der Waals surface area contributed by atoms with Crippen LogP contribution in [0.4, 0.5) is 8.78 Å². The van der Waals surface area contributed by atoms with Gasteiger partial charge in [0.25, 0.3) is 0 Å². The molecular weight excluding hydrogens is 767 g/mol. The van der Waals surface area contributed by atoms with Crippen LogP contribution in [0.1, 0.15) is 192 Å². The van der Waals surface area contributed by atoms with Crippen molar-refractivity contribution in [1.29, 1.82) is 0 Å². The van der Waals surface area contributed by atoms with Gasteiger partial charge in [0, 0.05) is 50.8 Å². The summed E-state index contributed by atoms with van der Waals surface area (Å²) in [5.74, 6) is 1.04. The largest absolute Gasteiger partial charge is 0.206 e. The van der Waals surface area contributed by atoms with Crippen molar-refractivity contribution in [1.82, 2.24) is 0 Å². The van der Waals surface area contributed by atoms with Gasteiger partial charge in [0.05, 0.1) is 0 Å². The molecule has 0 radical (unpaired) electrons. The van der Waals surface area contributed by atoms with E-state index in [-0.39, 0.29) is 11.6 Å². The van der Waals surface area contributed by atoms with Crippen LogP contribution < -0.4 is 0 Å². The zero-order chi connectivity index (χ0) is 39.5. The molecule has 4 aromatic heterocycles. The second-order valence-electron chi connectivity index (χ2n) is 16.8. The van der Waals surface area contributed by atoms with Crippen molar-refractivity contribution in [2.45, 2.75) is 195 Å². The molecule has 0 aliphatic rings. The minimum absolute atomic E-state index is 0.0288. The van der Waals surface area contributed by atoms with E-state index in [2.05, 4.69) is 50.6 Å². The SMILES string of the molecule is CCCCCCCCC(CCCCCC)Cc1sc(-c2c3ccsc3c(-c3cc(F)c(CC(CCCCCC)CCCCCCCC)s3)c3ccsc23)cc1F. The van der Waals surface area contributed by atoms with Crippen LogP contribution in [0, 0.1) is 23.5 Å². The molecule has 56 heavy (non-hydrogen) atoms. The Bertz CT molecular complexity index is 1640. The van der Waals surface area contributed by atoms with Crippen molar-refractivity contribution < 1.29 is 8.78 Å². The lowest BCUT2D eigenvalue weighted by molar-refractivity contribution is 0.400. The molecular formula is C50H72F2S4. The third kappa shape index (κ3) is 13.2. The summed E-state index contributed by atoms with van der Waals surface area (Å²) >= 11 is 6.87. The summed E-state index contributed by atoms with van der Waals surface area (Å²) in [5, 5.41) is 6.72. The minimum Gasteiger partial charge on any atom is -0.206 e. The molecule has 0 nitrogen and oxygen atoms in total. The molecule has 4 heterocycles. The fourth-order valence-electron chi connectivity index (χ4n) is 8.84. The second-order valence-corrected chi connectivity index (χ2v) is 20.9. The zero-order valence-corrected chi connectivity index (χ0v) is 38.7. The van der Waals surface area contributed by atoms with Crippen LogP contribution in [0.25, 0.3) is 41.1 Å². The Labute approximate surface area is 355 Å². The molecule has 0 aliphatic heterocycles. The number of hydrogen-bond acceptors (Lipinski definition) is 4. The lowest BCUT2D eigenvalue weighted by atomic mass is 9.91. The van der Waals surface area contributed by atoms with E-state index in [4.69, 9.17) is 0 Å². The highest BCUT2D eigenvalue weighted by Crippen LogP contribution is 2.51. The summed E-state index contributed by atoms with van der Waals surface area (Å²) in [6.07, 6.45) is 32.4. The van der Waals surface area contributed by atoms with E-state index in [0.717, 1.165) is 32.4 Å². The first-order chi connectivity index (χ1) is 27.5. The van der Waals surface area contributed by atoms with Crippen molar-refractivity contribution in [2.24, 2.45) is 11.8 Å². The normalized spacial score (nSPS) is 13.1. The average molecular weight is 839 g/mol. The van der Waals surface area contributed by atoms with Crippen LogP contribution in [0.5, 0.6) is 0 Å². The van der Waals surface area contributed by atoms with Crippen molar-refractivity contribution in [3.63, 3.8) is 0 Å². The summed E-state index contributed by atoms with van der Waals surface area (Å²) in [6.45, 7) is 9.11. The number of halogens is 2. The van der Waals surface area contributed by atoms with Gasteiger partial charge in [-0.3, -0.25) is 0 Å². The van der Waals surface area contributed by atoms with E-state index in [1.54, 1.807) is 45.3 Å². The predicted octanol–water partition coefficient (Wildman–Crippen LogP) is 19.6. The van der Waals surface area contributed by atoms with Gasteiger partial charge in [-0.25, -0.2) is 8.78 Å². The number of fused-ring (bicyclic) bond motifs is 2. The first kappa shape index (κ1) is 45.5. The Hall–Kier alpha value is -1.60. The molecule has 0 spiro atoms. The topological polar surface area (TPSA) is 0 Å². The summed E-state index contributed by atoms with van der Waals surface area (Å²) in [6, 6.07) is 8.11. The van der Waals surface area contributed by atoms with Crippen molar-refractivity contribution in [3.05, 3.63) is 56.4 Å². The quantitative estimate of drug-likeness (QED) is 0.0404. The number of thiophene rings is 4. The van der Waals surface area contributed by atoms with Gasteiger partial charge < -0.3 is 0 Å². The first-order valence-electron chi connectivity index (χ1n) is 23.0. The third-order valence-corrected chi connectivity index (χ3v) is 16.3. The van der Waals surface area contributed by atoms with E-state index in [9.17, 15) is 0 Å². The Kier molecular flexibility index (Phi) is 20.4. The summed E-state index contributed by atoms with van der Waals surface area (Å²) < 4.78 is 34.4. The van der Waals surface area contributed by atoms with Gasteiger partial charge in [0.2, 0.25) is 0 Å². The maximum absolute atomic E-state index is 16.0. The van der Waals surface area contributed by atoms with Crippen LogP contribution in [-0.2, 0) is 12.8 Å². The van der Waals surface area contributed by atoms with Crippen LogP contribution in [0.3, 0.4) is 0 Å². The molecule has 0 amide bonds. The fourth-order valence-corrected chi connectivity index (χ4v) is 13.4. The van der Waals surface area contributed by atoms with Crippen molar-refractivity contribution >= 4 is 65.5 Å². The molecule has 5 rings (SSSR count). The van der Waals surface area contributed by atoms with Crippen LogP contribution in [0.2, 0.25) is 0 Å². The lowest BCUT2D eigenvalue weighted by Crippen LogP contribution is -2.05. The fraction of sp³-hybridized carbons (Fsp3) is 0.640. The molecule has 2 unspecified atom stereocenters. The molecule has 0 N–H and O–H groups in total. The molecule has 5 aromatic rings. The Morgan fingerprint density at radius 3 is 1.12 bits per heavy atom. The number of hydrogen-bond donors (Lipinski definition) is 0. The van der Waals surface area contributed by atoms with Crippen molar-refractivity contribution in [2.75, 3.05) is 0 Å². The van der Waals surface area contributed by atoms with Gasteiger partial charge >= 0.3 is 0 Å². The van der Waals surface area contributed by atoms with Crippen LogP contribution >= 0.6 is 45.3 Å². The predicted molar refractivity (Wildman–Crippen MR) is 252 cm³/mol. The number of unbranched alkanes of at least 4 members (excludes halogenated alkanes) is 16. The summed E-state index contributed by atoms with van der Waals surface area (Å²) in [7, 11) is 0.